The third-order valence-electron chi connectivity index (χ3n) is 4.08. The van der Waals surface area contributed by atoms with Crippen LogP contribution in [0.15, 0.2) is 42.7 Å². The Morgan fingerprint density at radius 3 is 1.95 bits per heavy atom. The summed E-state index contributed by atoms with van der Waals surface area (Å²) in [6.07, 6.45) is 3.76. The Kier molecular flexibility index (Phi) is 4.96. The molecule has 0 bridgehead atoms. The van der Waals surface area contributed by atoms with E-state index in [2.05, 4.69) is 84.5 Å². The van der Waals surface area contributed by atoms with Crippen LogP contribution < -0.4 is 10.6 Å². The van der Waals surface area contributed by atoms with Gasteiger partial charge in [0, 0.05) is 16.0 Å². The summed E-state index contributed by atoms with van der Waals surface area (Å²) in [5.41, 5.74) is 2.18. The van der Waals surface area contributed by atoms with Gasteiger partial charge in [0.05, 0.1) is 0 Å². The van der Waals surface area contributed by atoms with Crippen LogP contribution in [0.5, 0.6) is 0 Å². The van der Waals surface area contributed by atoms with Crippen LogP contribution in [0.25, 0.3) is 0 Å². The van der Waals surface area contributed by atoms with E-state index in [-0.39, 0.29) is 0 Å². The van der Waals surface area contributed by atoms with Gasteiger partial charge in [0.15, 0.2) is 8.07 Å². The van der Waals surface area contributed by atoms with Gasteiger partial charge in [-0.1, -0.05) is 45.9 Å². The molecule has 0 aliphatic carbocycles. The van der Waals surface area contributed by atoms with E-state index < -0.39 is 8.07 Å². The number of hydrogen-bond acceptors (Lipinski definition) is 2. The molecule has 0 fully saturated rings. The Morgan fingerprint density at radius 1 is 0.900 bits per heavy atom. The van der Waals surface area contributed by atoms with Crippen molar-refractivity contribution in [1.29, 1.82) is 0 Å². The van der Waals surface area contributed by atoms with Crippen LogP contribution in [-0.4, -0.2) is 18.0 Å². The van der Waals surface area contributed by atoms with Gasteiger partial charge in [0.2, 0.25) is 0 Å². The standard InChI is InChI=1S/C16H21IN2Si/c1-12(2)20(13(3)4,16-18-10-7-11-19-16)15-9-6-5-8-14(15)17/h5-13H,1-4H3. The first kappa shape index (κ1) is 15.6. The van der Waals surface area contributed by atoms with E-state index in [9.17, 15) is 0 Å². The molecule has 106 valence electrons. The van der Waals surface area contributed by atoms with Gasteiger partial charge in [-0.2, -0.15) is 0 Å². The Hall–Kier alpha value is -0.753. The van der Waals surface area contributed by atoms with Gasteiger partial charge in [-0.25, -0.2) is 9.97 Å². The molecular formula is C16H21IN2Si. The molecule has 0 saturated heterocycles. The van der Waals surface area contributed by atoms with Gasteiger partial charge in [-0.15, -0.1) is 0 Å². The fourth-order valence-corrected chi connectivity index (χ4v) is 10.2. The normalized spacial score (nSPS) is 12.2. The Bertz CT molecular complexity index is 562. The van der Waals surface area contributed by atoms with E-state index in [0.29, 0.717) is 11.1 Å². The van der Waals surface area contributed by atoms with Crippen LogP contribution in [0.2, 0.25) is 11.1 Å². The van der Waals surface area contributed by atoms with Crippen molar-refractivity contribution in [2.45, 2.75) is 38.8 Å². The molecule has 1 aromatic heterocycles. The van der Waals surface area contributed by atoms with Crippen LogP contribution in [0.4, 0.5) is 0 Å². The van der Waals surface area contributed by atoms with Crippen molar-refractivity contribution in [1.82, 2.24) is 9.97 Å². The van der Waals surface area contributed by atoms with Crippen LogP contribution in [0.1, 0.15) is 27.7 Å². The fourth-order valence-electron chi connectivity index (χ4n) is 3.23. The molecule has 20 heavy (non-hydrogen) atoms. The minimum absolute atomic E-state index is 0.556. The molecular weight excluding hydrogens is 375 g/mol. The summed E-state index contributed by atoms with van der Waals surface area (Å²) in [5, 5.41) is 1.47. The summed E-state index contributed by atoms with van der Waals surface area (Å²) in [6, 6.07) is 10.6. The zero-order valence-corrected chi connectivity index (χ0v) is 15.6. The zero-order chi connectivity index (χ0) is 14.8. The van der Waals surface area contributed by atoms with Crippen molar-refractivity contribution in [3.8, 4) is 0 Å². The molecule has 0 spiro atoms. The predicted octanol–water partition coefficient (Wildman–Crippen LogP) is 3.46. The number of halogens is 1. The van der Waals surface area contributed by atoms with Crippen LogP contribution >= 0.6 is 22.6 Å². The lowest BCUT2D eigenvalue weighted by Gasteiger charge is -2.38. The van der Waals surface area contributed by atoms with Gasteiger partial charge in [0.25, 0.3) is 0 Å². The summed E-state index contributed by atoms with van der Waals surface area (Å²) in [4.78, 5) is 9.32. The van der Waals surface area contributed by atoms with E-state index in [1.807, 2.05) is 18.5 Å². The number of hydrogen-bond donors (Lipinski definition) is 0. The summed E-state index contributed by atoms with van der Waals surface area (Å²) in [6.45, 7) is 9.30. The second-order valence-electron chi connectivity index (χ2n) is 5.73. The Morgan fingerprint density at radius 2 is 1.45 bits per heavy atom. The average molecular weight is 396 g/mol. The number of nitrogens with zero attached hydrogens (tertiary/aromatic N) is 2. The molecule has 1 heterocycles. The van der Waals surface area contributed by atoms with Crippen molar-refractivity contribution in [3.05, 3.63) is 46.3 Å². The molecule has 0 N–H and O–H groups in total. The molecule has 0 saturated carbocycles. The maximum absolute atomic E-state index is 4.66. The van der Waals surface area contributed by atoms with Crippen molar-refractivity contribution >= 4 is 41.3 Å². The average Bonchev–Trinajstić information content (AvgIpc) is 2.42. The quantitative estimate of drug-likeness (QED) is 0.584. The summed E-state index contributed by atoms with van der Waals surface area (Å²) >= 11 is 2.46. The maximum atomic E-state index is 4.66. The van der Waals surface area contributed by atoms with Crippen molar-refractivity contribution in [2.24, 2.45) is 0 Å². The van der Waals surface area contributed by atoms with E-state index >= 15 is 0 Å². The Balaban J connectivity index is 2.76. The molecule has 0 aliphatic heterocycles. The maximum Gasteiger partial charge on any atom is 0.171 e. The highest BCUT2D eigenvalue weighted by Crippen LogP contribution is 2.32. The fraction of sp³-hybridized carbons (Fsp3) is 0.375. The second kappa shape index (κ2) is 6.35. The van der Waals surface area contributed by atoms with Crippen LogP contribution in [-0.2, 0) is 0 Å². The zero-order valence-electron chi connectivity index (χ0n) is 12.5. The SMILES string of the molecule is CC(C)[Si](c1ncccn1)(c1ccccc1I)C(C)C. The minimum atomic E-state index is -1.98. The molecule has 0 unspecified atom stereocenters. The molecule has 0 atom stereocenters. The lowest BCUT2D eigenvalue weighted by atomic mass is 10.4. The van der Waals surface area contributed by atoms with Crippen LogP contribution in [0.3, 0.4) is 0 Å². The number of aromatic nitrogens is 2. The lowest BCUT2D eigenvalue weighted by Crippen LogP contribution is -2.65. The molecule has 2 aromatic rings. The molecule has 2 rings (SSSR count). The number of benzene rings is 1. The molecule has 0 amide bonds. The van der Waals surface area contributed by atoms with E-state index in [1.165, 1.54) is 8.76 Å². The van der Waals surface area contributed by atoms with Crippen molar-refractivity contribution in [3.63, 3.8) is 0 Å². The van der Waals surface area contributed by atoms with Crippen molar-refractivity contribution < 1.29 is 0 Å². The predicted molar refractivity (Wildman–Crippen MR) is 96.4 cm³/mol. The van der Waals surface area contributed by atoms with Gasteiger partial charge in [-0.3, -0.25) is 0 Å². The molecule has 0 radical (unpaired) electrons. The van der Waals surface area contributed by atoms with Crippen LogP contribution in [0, 0.1) is 3.57 Å². The molecule has 4 heteroatoms. The first-order valence-corrected chi connectivity index (χ1v) is 10.3. The monoisotopic (exact) mass is 396 g/mol. The molecule has 1 aromatic carbocycles. The number of rotatable bonds is 4. The van der Waals surface area contributed by atoms with E-state index in [0.717, 1.165) is 5.45 Å². The van der Waals surface area contributed by atoms with Crippen molar-refractivity contribution in [2.75, 3.05) is 0 Å². The summed E-state index contributed by atoms with van der Waals surface area (Å²) in [5.74, 6) is 0. The van der Waals surface area contributed by atoms with Gasteiger partial charge in [-0.05, 0) is 51.0 Å². The van der Waals surface area contributed by atoms with E-state index in [4.69, 9.17) is 0 Å². The summed E-state index contributed by atoms with van der Waals surface area (Å²) < 4.78 is 1.34. The highest BCUT2D eigenvalue weighted by molar-refractivity contribution is 14.1. The third kappa shape index (κ3) is 2.55. The first-order chi connectivity index (χ1) is 9.51. The lowest BCUT2D eigenvalue weighted by molar-refractivity contribution is 0.915. The van der Waals surface area contributed by atoms with Gasteiger partial charge in [0.1, 0.15) is 5.45 Å². The minimum Gasteiger partial charge on any atom is -0.246 e. The second-order valence-corrected chi connectivity index (χ2v) is 11.9. The van der Waals surface area contributed by atoms with Gasteiger partial charge >= 0.3 is 0 Å². The topological polar surface area (TPSA) is 25.8 Å². The summed E-state index contributed by atoms with van der Waals surface area (Å²) in [7, 11) is -1.98. The smallest absolute Gasteiger partial charge is 0.171 e. The highest BCUT2D eigenvalue weighted by Gasteiger charge is 2.47. The highest BCUT2D eigenvalue weighted by atomic mass is 127. The Labute approximate surface area is 136 Å². The molecule has 0 aliphatic rings. The molecule has 2 nitrogen and oxygen atoms in total. The largest absolute Gasteiger partial charge is 0.246 e. The first-order valence-electron chi connectivity index (χ1n) is 7.03. The third-order valence-corrected chi connectivity index (χ3v) is 11.5. The van der Waals surface area contributed by atoms with Gasteiger partial charge < -0.3 is 0 Å². The van der Waals surface area contributed by atoms with E-state index in [1.54, 1.807) is 0 Å².